The predicted octanol–water partition coefficient (Wildman–Crippen LogP) is 9.56. The topological polar surface area (TPSA) is 95.7 Å². The van der Waals surface area contributed by atoms with Crippen LogP contribution in [-0.2, 0) is 25.7 Å². The molecular weight excluding hydrogens is 809 g/mol. The Morgan fingerprint density at radius 1 is 0.585 bits per heavy atom. The van der Waals surface area contributed by atoms with Crippen LogP contribution in [0.1, 0.15) is 19.4 Å². The van der Waals surface area contributed by atoms with Crippen molar-refractivity contribution in [1.82, 2.24) is 0 Å². The molecule has 0 spiro atoms. The van der Waals surface area contributed by atoms with Crippen molar-refractivity contribution in [1.29, 1.82) is 0 Å². The lowest BCUT2D eigenvalue weighted by atomic mass is 9.87. The Kier molecular flexibility index (Phi) is 13.5. The van der Waals surface area contributed by atoms with Crippen LogP contribution >= 0.6 is 0 Å². The van der Waals surface area contributed by atoms with Crippen molar-refractivity contribution in [2.75, 3.05) is 0 Å². The van der Waals surface area contributed by atoms with Crippen LogP contribution in [0.3, 0.4) is 0 Å². The molecule has 0 aliphatic carbocycles. The average molecular weight is 825 g/mol. The van der Waals surface area contributed by atoms with Gasteiger partial charge in [0.2, 0.25) is 0 Å². The number of hydrogen-bond acceptors (Lipinski definition) is 6. The maximum absolute atomic E-state index is 13.5. The third-order valence-corrected chi connectivity index (χ3v) is 5.95. The Bertz CT molecular complexity index is 1570. The second-order valence-electron chi connectivity index (χ2n) is 10.0. The van der Waals surface area contributed by atoms with Gasteiger partial charge in [-0.15, -0.1) is 0 Å². The molecule has 1 aromatic carbocycles. The van der Waals surface area contributed by atoms with E-state index in [0.717, 1.165) is 0 Å². The number of nitrogens with zero attached hydrogens (tertiary/aromatic N) is 1. The van der Waals surface area contributed by atoms with Gasteiger partial charge in [0.1, 0.15) is 6.61 Å². The lowest BCUT2D eigenvalue weighted by molar-refractivity contribution is -0.482. The average Bonchev–Trinajstić information content (AvgIpc) is 2.98. The first-order valence-corrected chi connectivity index (χ1v) is 12.5. The van der Waals surface area contributed by atoms with E-state index in [1.807, 2.05) is 0 Å². The summed E-state index contributed by atoms with van der Waals surface area (Å²) in [6.07, 6.45) is -15.5. The Balaban J connectivity index is 0.00000139. The van der Waals surface area contributed by atoms with Crippen molar-refractivity contribution in [3.63, 3.8) is 0 Å². The molecule has 0 N–H and O–H groups in total. The molecule has 53 heavy (non-hydrogen) atoms. The predicted molar refractivity (Wildman–Crippen MR) is 129 cm³/mol. The molecule has 28 heteroatoms. The van der Waals surface area contributed by atoms with Crippen LogP contribution in [0, 0.1) is 10.1 Å². The lowest BCUT2D eigenvalue weighted by Gasteiger charge is -2.44. The zero-order valence-corrected chi connectivity index (χ0v) is 25.3. The van der Waals surface area contributed by atoms with E-state index in [0.29, 0.717) is 5.56 Å². The van der Waals surface area contributed by atoms with Gasteiger partial charge in [-0.2, -0.15) is 92.2 Å². The first-order valence-electron chi connectivity index (χ1n) is 12.5. The van der Waals surface area contributed by atoms with Gasteiger partial charge in [0, 0.05) is 17.2 Å². The smallest absolute Gasteiger partial charge is 0.457 e. The molecule has 0 aliphatic rings. The maximum Gasteiger partial charge on any atom is 0.473 e. The second-order valence-corrected chi connectivity index (χ2v) is 10.0. The van der Waals surface area contributed by atoms with Crippen molar-refractivity contribution in [2.45, 2.75) is 80.1 Å². The molecule has 0 aromatic heterocycles. The van der Waals surface area contributed by atoms with Gasteiger partial charge in [0.25, 0.3) is 5.69 Å². The number of carbonyl (C=O) groups excluding carboxylic acids is 2. The fourth-order valence-electron chi connectivity index (χ4n) is 2.89. The molecular formula is C25H16F21NO6. The van der Waals surface area contributed by atoms with Crippen molar-refractivity contribution < 1.29 is 116 Å². The quantitative estimate of drug-likeness (QED) is 0.0610. The number of carbonyl (C=O) groups is 2. The number of esters is 2. The SMILES string of the molecule is C=C(C)C(=O)OC(F)(F)C(F)(F)C(F)(F)C(F)(F)C(F)(F)C(F)(F)C(F)(F)C(F)(F)C(F)(F)C(F)(F)F.C=C(C)C(=O)OCc1ccccc1[N+](=O)[O-]. The zero-order valence-electron chi connectivity index (χ0n) is 25.3. The number of hydrogen-bond donors (Lipinski definition) is 0. The molecule has 0 saturated carbocycles. The summed E-state index contributed by atoms with van der Waals surface area (Å²) in [5.41, 5.74) is -0.854. The fraction of sp³-hybridized carbons (Fsp3) is 0.520. The first-order chi connectivity index (χ1) is 23.1. The van der Waals surface area contributed by atoms with Gasteiger partial charge in [-0.3, -0.25) is 10.1 Å². The summed E-state index contributed by atoms with van der Waals surface area (Å²) >= 11 is 0. The fourth-order valence-corrected chi connectivity index (χ4v) is 2.89. The third-order valence-electron chi connectivity index (χ3n) is 5.95. The molecule has 1 rings (SSSR count). The van der Waals surface area contributed by atoms with Crippen LogP contribution in [0.4, 0.5) is 97.9 Å². The lowest BCUT2D eigenvalue weighted by Crippen LogP contribution is -2.77. The van der Waals surface area contributed by atoms with Gasteiger partial charge in [0.05, 0.1) is 10.5 Å². The summed E-state index contributed by atoms with van der Waals surface area (Å²) in [5.74, 6) is -74.8. The van der Waals surface area contributed by atoms with Crippen LogP contribution in [0.5, 0.6) is 0 Å². The summed E-state index contributed by atoms with van der Waals surface area (Å²) in [6.45, 7) is 7.49. The number of para-hydroxylation sites is 1. The van der Waals surface area contributed by atoms with E-state index in [1.165, 1.54) is 13.0 Å². The van der Waals surface area contributed by atoms with Gasteiger partial charge in [-0.1, -0.05) is 25.3 Å². The van der Waals surface area contributed by atoms with E-state index in [4.69, 9.17) is 4.74 Å². The van der Waals surface area contributed by atoms with E-state index in [1.54, 1.807) is 18.2 Å². The molecule has 0 aliphatic heterocycles. The minimum atomic E-state index is -9.26. The summed E-state index contributed by atoms with van der Waals surface area (Å²) in [4.78, 5) is 32.0. The minimum absolute atomic E-state index is 0.0583. The molecule has 0 unspecified atom stereocenters. The third kappa shape index (κ3) is 8.23. The molecule has 0 fully saturated rings. The summed E-state index contributed by atoms with van der Waals surface area (Å²) in [5, 5.41) is 10.6. The highest BCUT2D eigenvalue weighted by Gasteiger charge is 2.98. The Labute approximate surface area is 279 Å². The van der Waals surface area contributed by atoms with Crippen molar-refractivity contribution in [3.05, 3.63) is 64.2 Å². The molecule has 0 saturated heterocycles. The van der Waals surface area contributed by atoms with Crippen molar-refractivity contribution >= 4 is 17.6 Å². The number of benzene rings is 1. The molecule has 1 aromatic rings. The molecule has 0 bridgehead atoms. The van der Waals surface area contributed by atoms with Crippen LogP contribution in [0.15, 0.2) is 48.6 Å². The maximum atomic E-state index is 13.5. The molecule has 0 radical (unpaired) electrons. The van der Waals surface area contributed by atoms with E-state index in [-0.39, 0.29) is 24.8 Å². The van der Waals surface area contributed by atoms with E-state index in [2.05, 4.69) is 17.9 Å². The van der Waals surface area contributed by atoms with Gasteiger partial charge >= 0.3 is 71.6 Å². The monoisotopic (exact) mass is 825 g/mol. The molecule has 0 heterocycles. The number of nitro benzene ring substituents is 1. The number of halogens is 21. The molecule has 7 nitrogen and oxygen atoms in total. The molecule has 0 amide bonds. The molecule has 0 atom stereocenters. The van der Waals surface area contributed by atoms with Gasteiger partial charge in [0.15, 0.2) is 0 Å². The van der Waals surface area contributed by atoms with E-state index in [9.17, 15) is 112 Å². The van der Waals surface area contributed by atoms with Crippen LogP contribution < -0.4 is 0 Å². The zero-order chi connectivity index (χ0) is 43.0. The van der Waals surface area contributed by atoms with Crippen LogP contribution in [0.2, 0.25) is 0 Å². The highest BCUT2D eigenvalue weighted by Crippen LogP contribution is 2.66. The number of ether oxygens (including phenoxy) is 2. The van der Waals surface area contributed by atoms with Crippen LogP contribution in [0.25, 0.3) is 0 Å². The minimum Gasteiger partial charge on any atom is -0.457 e. The van der Waals surface area contributed by atoms with Gasteiger partial charge in [-0.05, 0) is 19.9 Å². The Hall–Kier alpha value is -4.43. The first kappa shape index (κ1) is 48.6. The Morgan fingerprint density at radius 2 is 0.906 bits per heavy atom. The highest BCUT2D eigenvalue weighted by atomic mass is 19.4. The summed E-state index contributed by atoms with van der Waals surface area (Å²) in [7, 11) is 0. The summed E-state index contributed by atoms with van der Waals surface area (Å²) in [6, 6.07) is 6.12. The van der Waals surface area contributed by atoms with Crippen LogP contribution in [-0.4, -0.2) is 76.5 Å². The normalized spacial score (nSPS) is 14.1. The number of nitro groups is 1. The van der Waals surface area contributed by atoms with Crippen molar-refractivity contribution in [3.8, 4) is 0 Å². The second kappa shape index (κ2) is 14.8. The number of alkyl halides is 21. The highest BCUT2D eigenvalue weighted by molar-refractivity contribution is 5.87. The molecule has 304 valence electrons. The van der Waals surface area contributed by atoms with Gasteiger partial charge < -0.3 is 9.47 Å². The van der Waals surface area contributed by atoms with E-state index >= 15 is 0 Å². The largest absolute Gasteiger partial charge is 0.473 e. The standard InChI is InChI=1S/C14H5F21O2.C11H11NO4/c1-3(2)4(36)37-14(34,35)12(29,30)10(25,26)8(21,22)6(17,18)5(15,16)7(19,20)9(23,24)11(27,28)13(31,32)33;1-8(2)11(13)16-7-9-5-3-4-6-10(9)12(14)15/h1H2,2H3;3-6H,1,7H2,2H3. The van der Waals surface area contributed by atoms with E-state index < -0.39 is 82.1 Å². The van der Waals surface area contributed by atoms with Crippen molar-refractivity contribution in [2.24, 2.45) is 0 Å². The number of rotatable bonds is 14. The Morgan fingerprint density at radius 3 is 1.23 bits per heavy atom. The van der Waals surface area contributed by atoms with Gasteiger partial charge in [-0.25, -0.2) is 9.59 Å². The summed E-state index contributed by atoms with van der Waals surface area (Å²) < 4.78 is 282.